The van der Waals surface area contributed by atoms with E-state index in [4.69, 9.17) is 9.97 Å². The molecule has 4 saturated carbocycles. The van der Waals surface area contributed by atoms with Gasteiger partial charge in [-0.25, -0.2) is 9.97 Å². The van der Waals surface area contributed by atoms with Gasteiger partial charge in [-0.05, 0) is 143 Å². The van der Waals surface area contributed by atoms with E-state index in [1.807, 2.05) is 0 Å². The molecular weight excluding hydrogens is 751 g/mol. The maximum Gasteiger partial charge on any atom is 0.160 e. The standard InChI is InChI=1S/C59H51N3/c1-57(2)47-26-24-39(44-17-11-19-48-55(44)45-16-9-10-18-46(45)59(48)43-31-41-30-42-32-54(59)58(41,42)34-43)29-53(47)60-50-27-25-40(28-49(50)57)52-33-51(61-56(62-52)38-14-7-4-8-15-38)37-22-20-36(21-23-37)35-12-5-3-6-13-35/h3,5-7,9-15,17-29,33,41-43,45,54,60H,4,8,16,30-32,34H2,1-2H3. The summed E-state index contributed by atoms with van der Waals surface area (Å²) >= 11 is 0. The second-order valence-electron chi connectivity index (χ2n) is 20.5. The van der Waals surface area contributed by atoms with Gasteiger partial charge in [-0.3, -0.25) is 0 Å². The van der Waals surface area contributed by atoms with E-state index in [1.54, 1.807) is 16.7 Å². The van der Waals surface area contributed by atoms with Gasteiger partial charge < -0.3 is 5.32 Å². The van der Waals surface area contributed by atoms with Gasteiger partial charge in [0.25, 0.3) is 0 Å². The molecule has 0 saturated heterocycles. The lowest BCUT2D eigenvalue weighted by molar-refractivity contribution is -0.194. The molecule has 2 bridgehead atoms. The fraction of sp³-hybridized carbons (Fsp3) is 0.288. The topological polar surface area (TPSA) is 37.8 Å². The highest BCUT2D eigenvalue weighted by Gasteiger charge is 2.82. The third-order valence-corrected chi connectivity index (χ3v) is 17.7. The van der Waals surface area contributed by atoms with Gasteiger partial charge in [0.15, 0.2) is 5.82 Å². The molecule has 7 unspecified atom stereocenters. The Bertz CT molecular complexity index is 3040. The summed E-state index contributed by atoms with van der Waals surface area (Å²) in [6.45, 7) is 4.78. The lowest BCUT2D eigenvalue weighted by Crippen LogP contribution is -2.65. The summed E-state index contributed by atoms with van der Waals surface area (Å²) < 4.78 is 0. The van der Waals surface area contributed by atoms with Crippen LogP contribution < -0.4 is 5.32 Å². The van der Waals surface area contributed by atoms with Crippen LogP contribution in [0.25, 0.3) is 50.3 Å². The first kappa shape index (κ1) is 35.5. The van der Waals surface area contributed by atoms with Crippen molar-refractivity contribution in [1.82, 2.24) is 9.97 Å². The lowest BCUT2D eigenvalue weighted by Gasteiger charge is -2.70. The Labute approximate surface area is 365 Å². The largest absolute Gasteiger partial charge is 0.355 e. The van der Waals surface area contributed by atoms with Crippen molar-refractivity contribution in [3.63, 3.8) is 0 Å². The van der Waals surface area contributed by atoms with Crippen LogP contribution in [-0.4, -0.2) is 9.97 Å². The zero-order chi connectivity index (χ0) is 41.0. The summed E-state index contributed by atoms with van der Waals surface area (Å²) in [4.78, 5) is 10.4. The summed E-state index contributed by atoms with van der Waals surface area (Å²) in [5.41, 5.74) is 21.2. The number of allylic oxidation sites excluding steroid dienone is 8. The SMILES string of the molecule is CC1(C)c2ccc(-c3cccc4c3C3CC=CC=C3C43C4CC5CC6CC3C56C4)cc2Nc2ccc(-c3cc(-c4ccc(-c5ccccc5)cc4)nc(C4=CCCC=C4)n3)cc21. The maximum absolute atomic E-state index is 5.26. The zero-order valence-electron chi connectivity index (χ0n) is 35.7. The van der Waals surface area contributed by atoms with E-state index >= 15 is 0 Å². The van der Waals surface area contributed by atoms with Gasteiger partial charge in [0.1, 0.15) is 0 Å². The van der Waals surface area contributed by atoms with Crippen LogP contribution in [-0.2, 0) is 10.8 Å². The fourth-order valence-corrected chi connectivity index (χ4v) is 15.0. The molecule has 1 aliphatic heterocycles. The van der Waals surface area contributed by atoms with Crippen molar-refractivity contribution in [2.75, 3.05) is 5.32 Å². The predicted octanol–water partition coefficient (Wildman–Crippen LogP) is 14.5. The van der Waals surface area contributed by atoms with Crippen LogP contribution in [0.4, 0.5) is 11.4 Å². The van der Waals surface area contributed by atoms with E-state index in [-0.39, 0.29) is 10.8 Å². The number of aromatic nitrogens is 2. The highest BCUT2D eigenvalue weighted by molar-refractivity contribution is 5.85. The van der Waals surface area contributed by atoms with Crippen LogP contribution in [0.3, 0.4) is 0 Å². The number of fused-ring (bicyclic) bond motifs is 10. The van der Waals surface area contributed by atoms with Gasteiger partial charge in [-0.1, -0.05) is 147 Å². The van der Waals surface area contributed by atoms with Gasteiger partial charge in [0.2, 0.25) is 0 Å². The average Bonchev–Trinajstić information content (AvgIpc) is 3.93. The molecule has 302 valence electrons. The molecule has 1 aromatic heterocycles. The monoisotopic (exact) mass is 801 g/mol. The molecule has 6 aromatic rings. The number of rotatable bonds is 5. The molecule has 5 aromatic carbocycles. The highest BCUT2D eigenvalue weighted by atomic mass is 14.9. The maximum atomic E-state index is 5.26. The van der Waals surface area contributed by atoms with Gasteiger partial charge in [-0.15, -0.1) is 0 Å². The Kier molecular flexibility index (Phi) is 7.18. The molecule has 2 spiro atoms. The van der Waals surface area contributed by atoms with Crippen molar-refractivity contribution in [1.29, 1.82) is 0 Å². The quantitative estimate of drug-likeness (QED) is 0.189. The van der Waals surface area contributed by atoms with Crippen molar-refractivity contribution in [2.45, 2.75) is 75.5 Å². The predicted molar refractivity (Wildman–Crippen MR) is 253 cm³/mol. The van der Waals surface area contributed by atoms with E-state index in [0.29, 0.717) is 11.3 Å². The van der Waals surface area contributed by atoms with Crippen molar-refractivity contribution in [3.8, 4) is 44.8 Å². The van der Waals surface area contributed by atoms with Gasteiger partial charge in [0.05, 0.1) is 11.4 Å². The van der Waals surface area contributed by atoms with E-state index in [1.165, 1.54) is 70.4 Å². The van der Waals surface area contributed by atoms with Crippen molar-refractivity contribution >= 4 is 16.9 Å². The van der Waals surface area contributed by atoms with Crippen molar-refractivity contribution < 1.29 is 0 Å². The molecular formula is C59H51N3. The Hall–Kier alpha value is -6.06. The van der Waals surface area contributed by atoms with Crippen LogP contribution in [0.1, 0.15) is 92.8 Å². The second-order valence-corrected chi connectivity index (χ2v) is 20.5. The second kappa shape index (κ2) is 12.5. The lowest BCUT2D eigenvalue weighted by atomic mass is 9.34. The van der Waals surface area contributed by atoms with E-state index < -0.39 is 0 Å². The number of anilines is 2. The minimum absolute atomic E-state index is 0.222. The van der Waals surface area contributed by atoms with Crippen LogP contribution in [0, 0.1) is 29.1 Å². The Morgan fingerprint density at radius 1 is 0.613 bits per heavy atom. The molecule has 3 heteroatoms. The number of nitrogens with one attached hydrogen (secondary N) is 1. The summed E-state index contributed by atoms with van der Waals surface area (Å²) in [5, 5.41) is 3.96. The molecule has 62 heavy (non-hydrogen) atoms. The van der Waals surface area contributed by atoms with E-state index in [9.17, 15) is 0 Å². The highest BCUT2D eigenvalue weighted by Crippen LogP contribution is 2.88. The molecule has 0 amide bonds. The minimum atomic E-state index is -0.222. The van der Waals surface area contributed by atoms with Crippen LogP contribution in [0.15, 0.2) is 157 Å². The molecule has 7 atom stereocenters. The fourth-order valence-electron chi connectivity index (χ4n) is 15.0. The molecule has 2 heterocycles. The first-order valence-corrected chi connectivity index (χ1v) is 23.4. The van der Waals surface area contributed by atoms with Crippen molar-refractivity contribution in [2.24, 2.45) is 29.1 Å². The van der Waals surface area contributed by atoms with Gasteiger partial charge >= 0.3 is 0 Å². The normalized spacial score (nSPS) is 29.3. The summed E-state index contributed by atoms with van der Waals surface area (Å²) in [6, 6.07) is 43.2. The summed E-state index contributed by atoms with van der Waals surface area (Å²) in [7, 11) is 0. The molecule has 0 radical (unpaired) electrons. The average molecular weight is 802 g/mol. The number of benzene rings is 5. The first-order valence-electron chi connectivity index (χ1n) is 23.4. The molecule has 8 aliphatic rings. The van der Waals surface area contributed by atoms with E-state index in [0.717, 1.165) is 76.8 Å². The number of hydrogen-bond donors (Lipinski definition) is 1. The Balaban J connectivity index is 0.828. The molecule has 1 N–H and O–H groups in total. The summed E-state index contributed by atoms with van der Waals surface area (Å²) in [5.74, 6) is 4.98. The zero-order valence-corrected chi connectivity index (χ0v) is 35.7. The van der Waals surface area contributed by atoms with E-state index in [2.05, 4.69) is 171 Å². The molecule has 14 rings (SSSR count). The Morgan fingerprint density at radius 2 is 1.39 bits per heavy atom. The van der Waals surface area contributed by atoms with Crippen LogP contribution in [0.2, 0.25) is 0 Å². The number of hydrogen-bond acceptors (Lipinski definition) is 3. The van der Waals surface area contributed by atoms with Crippen LogP contribution in [0.5, 0.6) is 0 Å². The first-order chi connectivity index (χ1) is 30.4. The minimum Gasteiger partial charge on any atom is -0.355 e. The van der Waals surface area contributed by atoms with Crippen LogP contribution >= 0.6 is 0 Å². The summed E-state index contributed by atoms with van der Waals surface area (Å²) in [6.07, 6.45) is 23.2. The molecule has 4 fully saturated rings. The number of nitrogens with zero attached hydrogens (tertiary/aromatic N) is 2. The van der Waals surface area contributed by atoms with Crippen molar-refractivity contribution in [3.05, 3.63) is 185 Å². The Morgan fingerprint density at radius 3 is 2.21 bits per heavy atom. The third-order valence-electron chi connectivity index (χ3n) is 17.7. The molecule has 7 aliphatic carbocycles. The van der Waals surface area contributed by atoms with Gasteiger partial charge in [0, 0.05) is 44.8 Å². The smallest absolute Gasteiger partial charge is 0.160 e. The molecule has 3 nitrogen and oxygen atoms in total. The van der Waals surface area contributed by atoms with Gasteiger partial charge in [-0.2, -0.15) is 0 Å². The third kappa shape index (κ3) is 4.57.